The summed E-state index contributed by atoms with van der Waals surface area (Å²) in [4.78, 5) is 16.1. The summed E-state index contributed by atoms with van der Waals surface area (Å²) in [5, 5.41) is 6.86. The zero-order valence-electron chi connectivity index (χ0n) is 8.39. The third kappa shape index (κ3) is 2.44. The summed E-state index contributed by atoms with van der Waals surface area (Å²) >= 11 is 0. The van der Waals surface area contributed by atoms with Crippen molar-refractivity contribution in [2.75, 3.05) is 6.61 Å². The number of hydrogen-bond donors (Lipinski definition) is 1. The lowest BCUT2D eigenvalue weighted by Crippen LogP contribution is -2.53. The minimum Gasteiger partial charge on any atom is -0.396 e. The van der Waals surface area contributed by atoms with Gasteiger partial charge >= 0.3 is 0 Å². The molecule has 0 unspecified atom stereocenters. The van der Waals surface area contributed by atoms with E-state index >= 15 is 0 Å². The van der Waals surface area contributed by atoms with Crippen molar-refractivity contribution < 1.29 is 9.63 Å². The van der Waals surface area contributed by atoms with Crippen molar-refractivity contribution in [3.05, 3.63) is 0 Å². The second kappa shape index (κ2) is 3.77. The van der Waals surface area contributed by atoms with Crippen LogP contribution in [0.1, 0.15) is 33.6 Å². The zero-order chi connectivity index (χ0) is 9.90. The topological polar surface area (TPSA) is 50.7 Å². The maximum Gasteiger partial charge on any atom is 0.221 e. The average molecular weight is 184 g/mol. The van der Waals surface area contributed by atoms with Crippen LogP contribution < -0.4 is 5.32 Å². The zero-order valence-corrected chi connectivity index (χ0v) is 8.39. The molecule has 1 fully saturated rings. The van der Waals surface area contributed by atoms with Gasteiger partial charge in [0.25, 0.3) is 0 Å². The molecule has 1 saturated heterocycles. The first kappa shape index (κ1) is 10.0. The van der Waals surface area contributed by atoms with E-state index in [0.29, 0.717) is 19.4 Å². The van der Waals surface area contributed by atoms with E-state index < -0.39 is 0 Å². The van der Waals surface area contributed by atoms with Gasteiger partial charge < -0.3 is 10.2 Å². The van der Waals surface area contributed by atoms with E-state index in [1.807, 2.05) is 20.8 Å². The molecule has 1 aliphatic rings. The molecule has 1 rings (SSSR count). The fourth-order valence-electron chi connectivity index (χ4n) is 1.33. The molecule has 0 bridgehead atoms. The highest BCUT2D eigenvalue weighted by Gasteiger charge is 2.32. The fraction of sp³-hybridized carbons (Fsp3) is 0.778. The Labute approximate surface area is 78.3 Å². The molecule has 0 radical (unpaired) electrons. The number of oxime groups is 1. The summed E-state index contributed by atoms with van der Waals surface area (Å²) in [6.45, 7) is 6.32. The number of nitrogens with one attached hydrogen (secondary N) is 1. The van der Waals surface area contributed by atoms with Crippen LogP contribution in [0.2, 0.25) is 0 Å². The van der Waals surface area contributed by atoms with E-state index in [1.54, 1.807) is 0 Å². The monoisotopic (exact) mass is 184 g/mol. The van der Waals surface area contributed by atoms with Gasteiger partial charge in [-0.3, -0.25) is 4.79 Å². The number of piperidine rings is 1. The largest absolute Gasteiger partial charge is 0.396 e. The van der Waals surface area contributed by atoms with Crippen molar-refractivity contribution in [1.29, 1.82) is 0 Å². The Morgan fingerprint density at radius 1 is 1.54 bits per heavy atom. The first-order chi connectivity index (χ1) is 6.06. The van der Waals surface area contributed by atoms with Crippen LogP contribution in [0.15, 0.2) is 5.16 Å². The fourth-order valence-corrected chi connectivity index (χ4v) is 1.33. The Bertz CT molecular complexity index is 234. The first-order valence-electron chi connectivity index (χ1n) is 4.56. The van der Waals surface area contributed by atoms with Gasteiger partial charge in [-0.25, -0.2) is 0 Å². The van der Waals surface area contributed by atoms with Crippen LogP contribution in [0.25, 0.3) is 0 Å². The summed E-state index contributed by atoms with van der Waals surface area (Å²) in [7, 11) is 0. The van der Waals surface area contributed by atoms with E-state index in [2.05, 4.69) is 10.5 Å². The normalized spacial score (nSPS) is 24.2. The Hall–Kier alpha value is -1.06. The Morgan fingerprint density at radius 3 is 2.77 bits per heavy atom. The molecule has 1 N–H and O–H groups in total. The number of rotatable bonds is 2. The number of nitrogens with zero attached hydrogens (tertiary/aromatic N) is 1. The van der Waals surface area contributed by atoms with Gasteiger partial charge in [-0.1, -0.05) is 5.16 Å². The van der Waals surface area contributed by atoms with Crippen LogP contribution in [-0.4, -0.2) is 23.8 Å². The summed E-state index contributed by atoms with van der Waals surface area (Å²) in [5.41, 5.74) is 0.554. The molecule has 4 nitrogen and oxygen atoms in total. The van der Waals surface area contributed by atoms with Gasteiger partial charge in [-0.15, -0.1) is 0 Å². The Morgan fingerprint density at radius 2 is 2.23 bits per heavy atom. The minimum atomic E-state index is -0.357. The van der Waals surface area contributed by atoms with Gasteiger partial charge in [-0.05, 0) is 20.8 Å². The van der Waals surface area contributed by atoms with Crippen molar-refractivity contribution in [2.45, 2.75) is 39.2 Å². The summed E-state index contributed by atoms with van der Waals surface area (Å²) in [6, 6.07) is 0. The lowest BCUT2D eigenvalue weighted by Gasteiger charge is -2.31. The van der Waals surface area contributed by atoms with Crippen molar-refractivity contribution in [1.82, 2.24) is 5.32 Å². The molecule has 74 valence electrons. The molecule has 1 aliphatic heterocycles. The van der Waals surface area contributed by atoms with E-state index in [0.717, 1.165) is 5.71 Å². The van der Waals surface area contributed by atoms with Gasteiger partial charge in [-0.2, -0.15) is 0 Å². The van der Waals surface area contributed by atoms with E-state index in [-0.39, 0.29) is 11.4 Å². The number of hydrogen-bond acceptors (Lipinski definition) is 3. The third-order valence-corrected chi connectivity index (χ3v) is 2.07. The smallest absolute Gasteiger partial charge is 0.221 e. The van der Waals surface area contributed by atoms with Crippen LogP contribution in [-0.2, 0) is 9.63 Å². The SMILES string of the molecule is CCO/N=C1/CCC(=O)NC1(C)C. The molecular weight excluding hydrogens is 168 g/mol. The molecule has 0 saturated carbocycles. The van der Waals surface area contributed by atoms with Gasteiger partial charge in [0.15, 0.2) is 0 Å². The molecule has 0 aromatic carbocycles. The third-order valence-electron chi connectivity index (χ3n) is 2.07. The summed E-state index contributed by atoms with van der Waals surface area (Å²) in [5.74, 6) is 0.0837. The lowest BCUT2D eigenvalue weighted by atomic mass is 9.90. The number of carbonyl (C=O) groups excluding carboxylic acids is 1. The molecule has 1 amide bonds. The van der Waals surface area contributed by atoms with Crippen molar-refractivity contribution in [2.24, 2.45) is 5.16 Å². The highest BCUT2D eigenvalue weighted by atomic mass is 16.6. The second-order valence-electron chi connectivity index (χ2n) is 3.63. The molecule has 0 aromatic heterocycles. The Balaban J connectivity index is 2.69. The predicted molar refractivity (Wildman–Crippen MR) is 50.5 cm³/mol. The van der Waals surface area contributed by atoms with Crippen LogP contribution in [0.5, 0.6) is 0 Å². The standard InChI is InChI=1S/C9H16N2O2/c1-4-13-11-7-5-6-8(12)10-9(7,2)3/h4-6H2,1-3H3,(H,10,12)/b11-7-. The quantitative estimate of drug-likeness (QED) is 0.652. The molecule has 0 aromatic rings. The number of amides is 1. The predicted octanol–water partition coefficient (Wildman–Crippen LogP) is 1.07. The molecule has 13 heavy (non-hydrogen) atoms. The van der Waals surface area contributed by atoms with Crippen LogP contribution in [0.3, 0.4) is 0 Å². The molecular formula is C9H16N2O2. The summed E-state index contributed by atoms with van der Waals surface area (Å²) in [6.07, 6.45) is 1.20. The average Bonchev–Trinajstić information content (AvgIpc) is 2.01. The van der Waals surface area contributed by atoms with Gasteiger partial charge in [0.05, 0.1) is 11.3 Å². The van der Waals surface area contributed by atoms with Gasteiger partial charge in [0.2, 0.25) is 5.91 Å². The van der Waals surface area contributed by atoms with Gasteiger partial charge in [0.1, 0.15) is 6.61 Å². The minimum absolute atomic E-state index is 0.0837. The highest BCUT2D eigenvalue weighted by Crippen LogP contribution is 2.16. The molecule has 0 aliphatic carbocycles. The highest BCUT2D eigenvalue weighted by molar-refractivity contribution is 6.01. The van der Waals surface area contributed by atoms with E-state index in [4.69, 9.17) is 4.84 Å². The molecule has 0 atom stereocenters. The number of carbonyl (C=O) groups is 1. The lowest BCUT2D eigenvalue weighted by molar-refractivity contribution is -0.122. The van der Waals surface area contributed by atoms with E-state index in [9.17, 15) is 4.79 Å². The maximum atomic E-state index is 11.1. The molecule has 1 heterocycles. The first-order valence-corrected chi connectivity index (χ1v) is 4.56. The van der Waals surface area contributed by atoms with Gasteiger partial charge in [0, 0.05) is 12.8 Å². The van der Waals surface area contributed by atoms with Crippen molar-refractivity contribution >= 4 is 11.6 Å². The van der Waals surface area contributed by atoms with Crippen LogP contribution in [0.4, 0.5) is 0 Å². The maximum absolute atomic E-state index is 11.1. The van der Waals surface area contributed by atoms with Crippen LogP contribution in [0, 0.1) is 0 Å². The second-order valence-corrected chi connectivity index (χ2v) is 3.63. The molecule has 4 heteroatoms. The van der Waals surface area contributed by atoms with Crippen molar-refractivity contribution in [3.63, 3.8) is 0 Å². The van der Waals surface area contributed by atoms with Crippen LogP contribution >= 0.6 is 0 Å². The van der Waals surface area contributed by atoms with E-state index in [1.165, 1.54) is 0 Å². The summed E-state index contributed by atoms with van der Waals surface area (Å²) < 4.78 is 0. The molecule has 0 spiro atoms. The Kier molecular flexibility index (Phi) is 2.90. The van der Waals surface area contributed by atoms with Crippen molar-refractivity contribution in [3.8, 4) is 0 Å².